The molecule has 1 aromatic carbocycles. The van der Waals surface area contributed by atoms with Crippen LogP contribution in [0.5, 0.6) is 0 Å². The molecule has 0 bridgehead atoms. The molecule has 1 fully saturated rings. The number of benzene rings is 1. The number of halogens is 1. The number of hydrogen-bond donors (Lipinski definition) is 2. The second-order valence-corrected chi connectivity index (χ2v) is 6.92. The highest BCUT2D eigenvalue weighted by Crippen LogP contribution is 2.28. The van der Waals surface area contributed by atoms with Crippen molar-refractivity contribution in [1.82, 2.24) is 25.3 Å². The molecule has 1 saturated heterocycles. The van der Waals surface area contributed by atoms with Gasteiger partial charge in [0.25, 0.3) is 11.8 Å². The van der Waals surface area contributed by atoms with Crippen LogP contribution in [0.4, 0.5) is 0 Å². The molecule has 4 rings (SSSR count). The molecule has 28 heavy (non-hydrogen) atoms. The van der Waals surface area contributed by atoms with Crippen LogP contribution in [-0.2, 0) is 11.8 Å². The highest BCUT2D eigenvalue weighted by molar-refractivity contribution is 6.21. The van der Waals surface area contributed by atoms with Gasteiger partial charge in [-0.1, -0.05) is 12.1 Å². The number of fused-ring (bicyclic) bond motifs is 1. The first-order chi connectivity index (χ1) is 13.1. The van der Waals surface area contributed by atoms with Crippen LogP contribution >= 0.6 is 12.4 Å². The lowest BCUT2D eigenvalue weighted by molar-refractivity contribution is -0.124. The maximum atomic E-state index is 12.6. The summed E-state index contributed by atoms with van der Waals surface area (Å²) in [5.41, 5.74) is 1.87. The van der Waals surface area contributed by atoms with Gasteiger partial charge in [0.15, 0.2) is 0 Å². The van der Waals surface area contributed by atoms with Gasteiger partial charge in [-0.3, -0.25) is 24.0 Å². The fourth-order valence-electron chi connectivity index (χ4n) is 3.80. The summed E-state index contributed by atoms with van der Waals surface area (Å²) in [6.07, 6.45) is 3.72. The topological polar surface area (TPSA) is 96.3 Å². The van der Waals surface area contributed by atoms with E-state index in [1.54, 1.807) is 35.1 Å². The predicted octanol–water partition coefficient (Wildman–Crippen LogP) is 0.557. The van der Waals surface area contributed by atoms with E-state index in [1.807, 2.05) is 13.2 Å². The molecule has 3 amide bonds. The minimum atomic E-state index is -0.305. The molecule has 2 aliphatic rings. The smallest absolute Gasteiger partial charge is 0.261 e. The van der Waals surface area contributed by atoms with Crippen LogP contribution < -0.4 is 10.6 Å². The largest absolute Gasteiger partial charge is 0.354 e. The highest BCUT2D eigenvalue weighted by atomic mass is 35.5. The number of aromatic nitrogens is 2. The first kappa shape index (κ1) is 20.0. The molecule has 0 saturated carbocycles. The first-order valence-electron chi connectivity index (χ1n) is 8.98. The molecule has 9 heteroatoms. The summed E-state index contributed by atoms with van der Waals surface area (Å²) in [4.78, 5) is 38.5. The summed E-state index contributed by atoms with van der Waals surface area (Å²) in [7, 11) is 1.85. The van der Waals surface area contributed by atoms with Gasteiger partial charge in [-0.2, -0.15) is 5.10 Å². The quantitative estimate of drug-likeness (QED) is 0.711. The fraction of sp³-hybridized carbons (Fsp3) is 0.368. The van der Waals surface area contributed by atoms with Gasteiger partial charge in [-0.25, -0.2) is 0 Å². The van der Waals surface area contributed by atoms with Crippen LogP contribution in [-0.4, -0.2) is 58.6 Å². The maximum absolute atomic E-state index is 12.6. The molecule has 3 heterocycles. The molecule has 2 N–H and O–H groups in total. The normalized spacial score (nSPS) is 20.8. The average molecular weight is 404 g/mol. The van der Waals surface area contributed by atoms with Crippen LogP contribution in [0.3, 0.4) is 0 Å². The number of hydrogen-bond acceptors (Lipinski definition) is 5. The minimum absolute atomic E-state index is 0. The van der Waals surface area contributed by atoms with E-state index in [2.05, 4.69) is 15.7 Å². The number of rotatable bonds is 5. The SMILES string of the molecule is Cl.Cn1cc([C@H]2CNC[C@@H]2C(=O)NCCN2C(=O)c3ccccc3C2=O)cn1. The number of nitrogens with one attached hydrogen (secondary N) is 2. The number of aryl methyl sites for hydroxylation is 1. The number of amides is 3. The molecule has 8 nitrogen and oxygen atoms in total. The molecule has 0 spiro atoms. The first-order valence-corrected chi connectivity index (χ1v) is 8.98. The van der Waals surface area contributed by atoms with Gasteiger partial charge >= 0.3 is 0 Å². The Morgan fingerprint density at radius 3 is 2.50 bits per heavy atom. The van der Waals surface area contributed by atoms with E-state index < -0.39 is 0 Å². The summed E-state index contributed by atoms with van der Waals surface area (Å²) >= 11 is 0. The lowest BCUT2D eigenvalue weighted by atomic mass is 9.90. The zero-order chi connectivity index (χ0) is 19.0. The van der Waals surface area contributed by atoms with E-state index in [4.69, 9.17) is 0 Å². The molecule has 0 aliphatic carbocycles. The predicted molar refractivity (Wildman–Crippen MR) is 104 cm³/mol. The van der Waals surface area contributed by atoms with E-state index in [-0.39, 0.29) is 55.1 Å². The van der Waals surface area contributed by atoms with Crippen LogP contribution in [0.2, 0.25) is 0 Å². The Morgan fingerprint density at radius 1 is 1.21 bits per heavy atom. The van der Waals surface area contributed by atoms with Crippen molar-refractivity contribution in [2.24, 2.45) is 13.0 Å². The molecular formula is C19H22ClN5O3. The Morgan fingerprint density at radius 2 is 1.89 bits per heavy atom. The Kier molecular flexibility index (Phi) is 5.81. The third kappa shape index (κ3) is 3.53. The molecule has 0 unspecified atom stereocenters. The van der Waals surface area contributed by atoms with Gasteiger partial charge in [0, 0.05) is 45.3 Å². The lowest BCUT2D eigenvalue weighted by Gasteiger charge is -2.19. The van der Waals surface area contributed by atoms with Crippen molar-refractivity contribution in [2.45, 2.75) is 5.92 Å². The second-order valence-electron chi connectivity index (χ2n) is 6.92. The summed E-state index contributed by atoms with van der Waals surface area (Å²) in [6, 6.07) is 6.77. The van der Waals surface area contributed by atoms with Gasteiger partial charge in [0.05, 0.1) is 23.2 Å². The maximum Gasteiger partial charge on any atom is 0.261 e. The number of carbonyl (C=O) groups is 3. The zero-order valence-electron chi connectivity index (χ0n) is 15.4. The lowest BCUT2D eigenvalue weighted by Crippen LogP contribution is -2.41. The number of imide groups is 1. The van der Waals surface area contributed by atoms with E-state index in [0.29, 0.717) is 17.7 Å². The van der Waals surface area contributed by atoms with E-state index in [1.165, 1.54) is 4.90 Å². The number of carbonyl (C=O) groups excluding carboxylic acids is 3. The van der Waals surface area contributed by atoms with Crippen molar-refractivity contribution in [2.75, 3.05) is 26.2 Å². The van der Waals surface area contributed by atoms with Crippen molar-refractivity contribution in [3.63, 3.8) is 0 Å². The Balaban J connectivity index is 0.00000225. The molecule has 148 valence electrons. The number of nitrogens with zero attached hydrogens (tertiary/aromatic N) is 3. The van der Waals surface area contributed by atoms with E-state index >= 15 is 0 Å². The summed E-state index contributed by atoms with van der Waals surface area (Å²) in [5.74, 6) is -0.818. The molecule has 2 atom stereocenters. The van der Waals surface area contributed by atoms with Crippen LogP contribution in [0.1, 0.15) is 32.2 Å². The molecule has 1 aromatic heterocycles. The zero-order valence-corrected chi connectivity index (χ0v) is 16.2. The van der Waals surface area contributed by atoms with Crippen molar-refractivity contribution in [3.8, 4) is 0 Å². The van der Waals surface area contributed by atoms with Gasteiger partial charge in [-0.05, 0) is 17.7 Å². The second kappa shape index (κ2) is 8.12. The Labute approximate surface area is 168 Å². The van der Waals surface area contributed by atoms with Gasteiger partial charge < -0.3 is 10.6 Å². The van der Waals surface area contributed by atoms with Crippen LogP contribution in [0, 0.1) is 5.92 Å². The third-order valence-electron chi connectivity index (χ3n) is 5.22. The summed E-state index contributed by atoms with van der Waals surface area (Å²) < 4.78 is 1.73. The summed E-state index contributed by atoms with van der Waals surface area (Å²) in [6.45, 7) is 1.72. The van der Waals surface area contributed by atoms with Gasteiger partial charge in [-0.15, -0.1) is 12.4 Å². The van der Waals surface area contributed by atoms with Crippen molar-refractivity contribution < 1.29 is 14.4 Å². The third-order valence-corrected chi connectivity index (χ3v) is 5.22. The highest BCUT2D eigenvalue weighted by Gasteiger charge is 2.36. The molecule has 2 aliphatic heterocycles. The Bertz CT molecular complexity index is 877. The standard InChI is InChI=1S/C19H21N5O3.ClH/c1-23-11-12(8-22-23)15-9-20-10-16(15)17(25)21-6-7-24-18(26)13-4-2-3-5-14(13)19(24)27;/h2-5,8,11,15-16,20H,6-7,9-10H2,1H3,(H,21,25);1H/t15-,16+;/m1./s1. The van der Waals surface area contributed by atoms with Crippen LogP contribution in [0.25, 0.3) is 0 Å². The Hall–Kier alpha value is -2.71. The molecular weight excluding hydrogens is 382 g/mol. The minimum Gasteiger partial charge on any atom is -0.354 e. The van der Waals surface area contributed by atoms with Crippen molar-refractivity contribution in [1.29, 1.82) is 0 Å². The molecule has 0 radical (unpaired) electrons. The van der Waals surface area contributed by atoms with Crippen LogP contribution in [0.15, 0.2) is 36.7 Å². The van der Waals surface area contributed by atoms with Gasteiger partial charge in [0.1, 0.15) is 0 Å². The average Bonchev–Trinajstić information content (AvgIpc) is 3.37. The summed E-state index contributed by atoms with van der Waals surface area (Å²) in [5, 5.41) is 10.3. The van der Waals surface area contributed by atoms with Crippen molar-refractivity contribution in [3.05, 3.63) is 53.3 Å². The van der Waals surface area contributed by atoms with E-state index in [9.17, 15) is 14.4 Å². The van der Waals surface area contributed by atoms with E-state index in [0.717, 1.165) is 12.1 Å². The molecule has 2 aromatic rings. The van der Waals surface area contributed by atoms with Crippen molar-refractivity contribution >= 4 is 30.1 Å². The monoisotopic (exact) mass is 403 g/mol. The fourth-order valence-corrected chi connectivity index (χ4v) is 3.80. The van der Waals surface area contributed by atoms with Gasteiger partial charge in [0.2, 0.25) is 5.91 Å².